The Morgan fingerprint density at radius 3 is 2.46 bits per heavy atom. The van der Waals surface area contributed by atoms with Gasteiger partial charge in [0.15, 0.2) is 9.84 Å². The lowest BCUT2D eigenvalue weighted by Crippen LogP contribution is -2.19. The van der Waals surface area contributed by atoms with Gasteiger partial charge in [0.2, 0.25) is 5.91 Å². The van der Waals surface area contributed by atoms with Crippen LogP contribution in [0.2, 0.25) is 0 Å². The second-order valence-electron chi connectivity index (χ2n) is 6.13. The Morgan fingerprint density at radius 2 is 1.79 bits per heavy atom. The van der Waals surface area contributed by atoms with Crippen LogP contribution in [0, 0.1) is 0 Å². The van der Waals surface area contributed by atoms with Gasteiger partial charge in [0.25, 0.3) is 0 Å². The van der Waals surface area contributed by atoms with Crippen molar-refractivity contribution in [3.8, 4) is 0 Å². The summed E-state index contributed by atoms with van der Waals surface area (Å²) in [6.45, 7) is 2.01. The van der Waals surface area contributed by atoms with E-state index in [9.17, 15) is 13.2 Å². The van der Waals surface area contributed by atoms with Crippen LogP contribution in [0.5, 0.6) is 0 Å². The number of carbonyl (C=O) groups is 1. The van der Waals surface area contributed by atoms with Gasteiger partial charge in [0.1, 0.15) is 0 Å². The van der Waals surface area contributed by atoms with Crippen LogP contribution in [0.3, 0.4) is 0 Å². The first kappa shape index (κ1) is 16.5. The molecular formula is C18H20N2O3S. The molecule has 6 heteroatoms. The van der Waals surface area contributed by atoms with Crippen molar-refractivity contribution < 1.29 is 13.2 Å². The Morgan fingerprint density at radius 1 is 1.08 bits per heavy atom. The summed E-state index contributed by atoms with van der Waals surface area (Å²) in [5, 5.41) is 6.27. The molecule has 3 rings (SSSR count). The van der Waals surface area contributed by atoms with Crippen molar-refractivity contribution in [2.75, 3.05) is 16.9 Å². The van der Waals surface area contributed by atoms with Crippen LogP contribution in [0.1, 0.15) is 30.5 Å². The molecule has 2 N–H and O–H groups in total. The van der Waals surface area contributed by atoms with Gasteiger partial charge < -0.3 is 10.6 Å². The highest BCUT2D eigenvalue weighted by atomic mass is 32.2. The summed E-state index contributed by atoms with van der Waals surface area (Å²) in [7, 11) is -3.18. The number of nitrogens with one attached hydrogen (secondary N) is 2. The van der Waals surface area contributed by atoms with Crippen LogP contribution in [0.15, 0.2) is 47.4 Å². The minimum Gasteiger partial charge on any atom is -0.378 e. The maximum absolute atomic E-state index is 11.5. The van der Waals surface area contributed by atoms with Crippen LogP contribution >= 0.6 is 0 Å². The fourth-order valence-corrected chi connectivity index (χ4v) is 3.43. The van der Waals surface area contributed by atoms with Crippen molar-refractivity contribution >= 4 is 27.1 Å². The largest absolute Gasteiger partial charge is 0.378 e. The molecule has 1 aliphatic heterocycles. The predicted octanol–water partition coefficient (Wildman–Crippen LogP) is 3.15. The zero-order valence-corrected chi connectivity index (χ0v) is 14.5. The third kappa shape index (κ3) is 3.59. The van der Waals surface area contributed by atoms with Gasteiger partial charge in [-0.1, -0.05) is 18.2 Å². The van der Waals surface area contributed by atoms with E-state index >= 15 is 0 Å². The molecule has 0 aliphatic carbocycles. The molecule has 5 nitrogen and oxygen atoms in total. The highest BCUT2D eigenvalue weighted by Gasteiger charge is 2.15. The molecule has 2 aromatic rings. The van der Waals surface area contributed by atoms with Crippen LogP contribution in [0.25, 0.3) is 0 Å². The monoisotopic (exact) mass is 344 g/mol. The Labute approximate surface area is 142 Å². The van der Waals surface area contributed by atoms with Gasteiger partial charge in [-0.3, -0.25) is 4.79 Å². The van der Waals surface area contributed by atoms with Crippen LogP contribution in [-0.4, -0.2) is 20.6 Å². The number of aryl methyl sites for hydroxylation is 1. The van der Waals surface area contributed by atoms with E-state index in [4.69, 9.17) is 0 Å². The van der Waals surface area contributed by atoms with Crippen molar-refractivity contribution in [2.45, 2.75) is 30.7 Å². The minimum atomic E-state index is -3.18. The molecule has 0 bridgehead atoms. The van der Waals surface area contributed by atoms with E-state index in [1.807, 2.05) is 37.3 Å². The van der Waals surface area contributed by atoms with Crippen LogP contribution < -0.4 is 10.6 Å². The Bertz CT molecular complexity index is 874. The lowest BCUT2D eigenvalue weighted by Gasteiger charge is -2.20. The lowest BCUT2D eigenvalue weighted by molar-refractivity contribution is -0.116. The SMILES string of the molecule is C[C@@H](Nc1ccc2c(c1)NC(=O)CC2)c1ccc(S(C)(=O)=O)cc1. The third-order valence-electron chi connectivity index (χ3n) is 4.20. The van der Waals surface area contributed by atoms with E-state index < -0.39 is 9.84 Å². The number of benzene rings is 2. The maximum atomic E-state index is 11.5. The van der Waals surface area contributed by atoms with Crippen LogP contribution in [-0.2, 0) is 21.1 Å². The molecule has 126 valence electrons. The molecule has 1 atom stereocenters. The summed E-state index contributed by atoms with van der Waals surface area (Å²) in [5.41, 5.74) is 3.90. The Balaban J connectivity index is 1.76. The van der Waals surface area contributed by atoms with Gasteiger partial charge in [-0.15, -0.1) is 0 Å². The quantitative estimate of drug-likeness (QED) is 0.893. The van der Waals surface area contributed by atoms with Crippen LogP contribution in [0.4, 0.5) is 11.4 Å². The van der Waals surface area contributed by atoms with E-state index in [0.717, 1.165) is 28.9 Å². The summed E-state index contributed by atoms with van der Waals surface area (Å²) < 4.78 is 23.0. The van der Waals surface area contributed by atoms with E-state index in [0.29, 0.717) is 11.3 Å². The van der Waals surface area contributed by atoms with Gasteiger partial charge in [0, 0.05) is 30.1 Å². The average Bonchev–Trinajstić information content (AvgIpc) is 2.53. The number of rotatable bonds is 4. The number of hydrogen-bond donors (Lipinski definition) is 2. The molecule has 2 aromatic carbocycles. The van der Waals surface area contributed by atoms with Crippen molar-refractivity contribution in [3.63, 3.8) is 0 Å². The normalized spacial score (nSPS) is 15.3. The summed E-state index contributed by atoms with van der Waals surface area (Å²) in [5.74, 6) is 0.0454. The minimum absolute atomic E-state index is 0.0101. The smallest absolute Gasteiger partial charge is 0.224 e. The Hall–Kier alpha value is -2.34. The van der Waals surface area contributed by atoms with Crippen molar-refractivity contribution in [2.24, 2.45) is 0 Å². The first-order valence-electron chi connectivity index (χ1n) is 7.82. The molecule has 0 spiro atoms. The topological polar surface area (TPSA) is 75.3 Å². The number of hydrogen-bond acceptors (Lipinski definition) is 4. The molecule has 1 heterocycles. The lowest BCUT2D eigenvalue weighted by atomic mass is 10.0. The fraction of sp³-hybridized carbons (Fsp3) is 0.278. The van der Waals surface area contributed by atoms with Gasteiger partial charge >= 0.3 is 0 Å². The van der Waals surface area contributed by atoms with Gasteiger partial charge in [-0.25, -0.2) is 8.42 Å². The number of fused-ring (bicyclic) bond motifs is 1. The molecule has 0 unspecified atom stereocenters. The van der Waals surface area contributed by atoms with E-state index in [1.165, 1.54) is 6.26 Å². The first-order chi connectivity index (χ1) is 11.3. The standard InChI is InChI=1S/C18H20N2O3S/c1-12(13-4-8-16(9-5-13)24(2,22)23)19-15-7-3-14-6-10-18(21)20-17(14)11-15/h3-5,7-9,11-12,19H,6,10H2,1-2H3,(H,20,21)/t12-/m1/s1. The highest BCUT2D eigenvalue weighted by Crippen LogP contribution is 2.28. The number of anilines is 2. The number of carbonyl (C=O) groups excluding carboxylic acids is 1. The molecule has 24 heavy (non-hydrogen) atoms. The molecule has 0 aromatic heterocycles. The van der Waals surface area contributed by atoms with Crippen molar-refractivity contribution in [1.82, 2.24) is 0 Å². The van der Waals surface area contributed by atoms with E-state index in [2.05, 4.69) is 10.6 Å². The van der Waals surface area contributed by atoms with E-state index in [-0.39, 0.29) is 11.9 Å². The summed E-state index contributed by atoms with van der Waals surface area (Å²) >= 11 is 0. The fourth-order valence-electron chi connectivity index (χ4n) is 2.80. The summed E-state index contributed by atoms with van der Waals surface area (Å²) in [6.07, 6.45) is 2.50. The molecule has 1 amide bonds. The van der Waals surface area contributed by atoms with Gasteiger partial charge in [-0.05, 0) is 48.7 Å². The number of sulfone groups is 1. The third-order valence-corrected chi connectivity index (χ3v) is 5.33. The van der Waals surface area contributed by atoms with Crippen molar-refractivity contribution in [1.29, 1.82) is 0 Å². The summed E-state index contributed by atoms with van der Waals surface area (Å²) in [6, 6.07) is 12.8. The second kappa shape index (κ2) is 6.28. The molecule has 0 fully saturated rings. The van der Waals surface area contributed by atoms with Gasteiger partial charge in [0.05, 0.1) is 4.90 Å². The van der Waals surface area contributed by atoms with Crippen molar-refractivity contribution in [3.05, 3.63) is 53.6 Å². The molecule has 0 radical (unpaired) electrons. The summed E-state index contributed by atoms with van der Waals surface area (Å²) in [4.78, 5) is 11.8. The molecule has 0 saturated heterocycles. The average molecular weight is 344 g/mol. The predicted molar refractivity (Wildman–Crippen MR) is 95.0 cm³/mol. The zero-order valence-electron chi connectivity index (χ0n) is 13.7. The molecular weight excluding hydrogens is 324 g/mol. The second-order valence-corrected chi connectivity index (χ2v) is 8.14. The van der Waals surface area contributed by atoms with Gasteiger partial charge in [-0.2, -0.15) is 0 Å². The maximum Gasteiger partial charge on any atom is 0.224 e. The first-order valence-corrected chi connectivity index (χ1v) is 9.71. The van der Waals surface area contributed by atoms with E-state index in [1.54, 1.807) is 12.1 Å². The zero-order chi connectivity index (χ0) is 17.3. The molecule has 1 aliphatic rings. The molecule has 0 saturated carbocycles. The highest BCUT2D eigenvalue weighted by molar-refractivity contribution is 7.90. The number of amides is 1. The Kier molecular flexibility index (Phi) is 4.32.